The Morgan fingerprint density at radius 3 is 2.74 bits per heavy atom. The predicted octanol–water partition coefficient (Wildman–Crippen LogP) is 1.98. The van der Waals surface area contributed by atoms with Crippen molar-refractivity contribution in [2.75, 3.05) is 37.0 Å². The largest absolute Gasteiger partial charge is 0.494 e. The van der Waals surface area contributed by atoms with Gasteiger partial charge in [0.2, 0.25) is 5.91 Å². The molecule has 0 spiro atoms. The summed E-state index contributed by atoms with van der Waals surface area (Å²) in [6.45, 7) is 4.03. The molecule has 1 fully saturated rings. The molecule has 2 rings (SSSR count). The van der Waals surface area contributed by atoms with Crippen LogP contribution in [0.1, 0.15) is 13.3 Å². The van der Waals surface area contributed by atoms with E-state index in [9.17, 15) is 9.59 Å². The number of nitrogens with one attached hydrogen (secondary N) is 2. The standard InChI is InChI=1S/C16H22ClN3O3/c1-2-23-14-5-3-13(4-6-14)20-11-12(9-15(20)21)10-19-16(22)18-8-7-17/h3-6,12H,2,7-11H2,1H3,(H2,18,19,22). The summed E-state index contributed by atoms with van der Waals surface area (Å²) >= 11 is 5.51. The average Bonchev–Trinajstić information content (AvgIpc) is 2.93. The number of alkyl halides is 1. The SMILES string of the molecule is CCOc1ccc(N2CC(CNC(=O)NCCCl)CC2=O)cc1. The maximum absolute atomic E-state index is 12.2. The summed E-state index contributed by atoms with van der Waals surface area (Å²) in [5.74, 6) is 1.34. The van der Waals surface area contributed by atoms with Crippen LogP contribution in [0.5, 0.6) is 5.75 Å². The third kappa shape index (κ3) is 5.03. The van der Waals surface area contributed by atoms with Crippen LogP contribution in [-0.4, -0.2) is 44.1 Å². The fraction of sp³-hybridized carbons (Fsp3) is 0.500. The minimum atomic E-state index is -0.252. The maximum atomic E-state index is 12.2. The van der Waals surface area contributed by atoms with E-state index >= 15 is 0 Å². The van der Waals surface area contributed by atoms with Crippen molar-refractivity contribution in [3.63, 3.8) is 0 Å². The molecule has 2 N–H and O–H groups in total. The van der Waals surface area contributed by atoms with E-state index < -0.39 is 0 Å². The van der Waals surface area contributed by atoms with Crippen molar-refractivity contribution in [3.8, 4) is 5.75 Å². The molecule has 1 aliphatic rings. The molecular formula is C16H22ClN3O3. The van der Waals surface area contributed by atoms with Crippen LogP contribution in [0.2, 0.25) is 0 Å². The number of hydrogen-bond acceptors (Lipinski definition) is 3. The van der Waals surface area contributed by atoms with Crippen molar-refractivity contribution in [2.24, 2.45) is 5.92 Å². The molecule has 1 saturated heterocycles. The average molecular weight is 340 g/mol. The van der Waals surface area contributed by atoms with Crippen LogP contribution in [0, 0.1) is 5.92 Å². The van der Waals surface area contributed by atoms with E-state index in [1.807, 2.05) is 31.2 Å². The van der Waals surface area contributed by atoms with E-state index in [1.165, 1.54) is 0 Å². The Hall–Kier alpha value is -1.95. The number of anilines is 1. The van der Waals surface area contributed by atoms with Gasteiger partial charge in [-0.1, -0.05) is 0 Å². The van der Waals surface area contributed by atoms with Gasteiger partial charge in [0.1, 0.15) is 5.75 Å². The number of rotatable bonds is 7. The molecule has 6 nitrogen and oxygen atoms in total. The Labute approximate surface area is 141 Å². The van der Waals surface area contributed by atoms with Gasteiger partial charge in [0.05, 0.1) is 6.61 Å². The highest BCUT2D eigenvalue weighted by Gasteiger charge is 2.30. The molecule has 126 valence electrons. The van der Waals surface area contributed by atoms with Gasteiger partial charge in [0.25, 0.3) is 0 Å². The lowest BCUT2D eigenvalue weighted by Gasteiger charge is -2.17. The number of carbonyl (C=O) groups excluding carboxylic acids is 2. The first-order valence-electron chi connectivity index (χ1n) is 7.75. The van der Waals surface area contributed by atoms with Crippen molar-refractivity contribution < 1.29 is 14.3 Å². The molecule has 1 atom stereocenters. The van der Waals surface area contributed by atoms with Crippen LogP contribution in [-0.2, 0) is 4.79 Å². The second kappa shape index (κ2) is 8.62. The van der Waals surface area contributed by atoms with E-state index in [1.54, 1.807) is 4.90 Å². The van der Waals surface area contributed by atoms with E-state index in [4.69, 9.17) is 16.3 Å². The summed E-state index contributed by atoms with van der Waals surface area (Å²) in [6.07, 6.45) is 0.434. The summed E-state index contributed by atoms with van der Waals surface area (Å²) in [4.78, 5) is 25.4. The van der Waals surface area contributed by atoms with Crippen molar-refractivity contribution in [1.29, 1.82) is 0 Å². The molecule has 1 aliphatic heterocycles. The van der Waals surface area contributed by atoms with Gasteiger partial charge in [-0.25, -0.2) is 4.79 Å². The van der Waals surface area contributed by atoms with Crippen LogP contribution in [0.15, 0.2) is 24.3 Å². The lowest BCUT2D eigenvalue weighted by Crippen LogP contribution is -2.39. The second-order valence-corrected chi connectivity index (χ2v) is 5.71. The Balaban J connectivity index is 1.85. The molecule has 1 unspecified atom stereocenters. The molecule has 0 radical (unpaired) electrons. The van der Waals surface area contributed by atoms with Crippen molar-refractivity contribution >= 4 is 29.2 Å². The smallest absolute Gasteiger partial charge is 0.314 e. The van der Waals surface area contributed by atoms with E-state index in [0.717, 1.165) is 11.4 Å². The molecule has 0 aliphatic carbocycles. The van der Waals surface area contributed by atoms with Gasteiger partial charge in [0, 0.05) is 43.5 Å². The maximum Gasteiger partial charge on any atom is 0.314 e. The monoisotopic (exact) mass is 339 g/mol. The molecule has 1 aromatic rings. The zero-order valence-corrected chi connectivity index (χ0v) is 13.9. The molecular weight excluding hydrogens is 318 g/mol. The number of nitrogens with zero attached hydrogens (tertiary/aromatic N) is 1. The van der Waals surface area contributed by atoms with Crippen molar-refractivity contribution in [2.45, 2.75) is 13.3 Å². The van der Waals surface area contributed by atoms with Gasteiger partial charge in [-0.15, -0.1) is 11.6 Å². The number of hydrogen-bond donors (Lipinski definition) is 2. The van der Waals surface area contributed by atoms with Gasteiger partial charge in [-0.3, -0.25) is 4.79 Å². The van der Waals surface area contributed by atoms with Crippen molar-refractivity contribution in [3.05, 3.63) is 24.3 Å². The fourth-order valence-electron chi connectivity index (χ4n) is 2.52. The molecule has 1 heterocycles. The Morgan fingerprint density at radius 2 is 2.09 bits per heavy atom. The van der Waals surface area contributed by atoms with Crippen LogP contribution in [0.4, 0.5) is 10.5 Å². The minimum Gasteiger partial charge on any atom is -0.494 e. The second-order valence-electron chi connectivity index (χ2n) is 5.33. The van der Waals surface area contributed by atoms with Crippen LogP contribution in [0.3, 0.4) is 0 Å². The highest BCUT2D eigenvalue weighted by Crippen LogP contribution is 2.26. The Bertz CT molecular complexity index is 536. The van der Waals surface area contributed by atoms with Crippen LogP contribution in [0.25, 0.3) is 0 Å². The van der Waals surface area contributed by atoms with E-state index in [2.05, 4.69) is 10.6 Å². The zero-order valence-electron chi connectivity index (χ0n) is 13.2. The molecule has 23 heavy (non-hydrogen) atoms. The van der Waals surface area contributed by atoms with Gasteiger partial charge in [-0.2, -0.15) is 0 Å². The van der Waals surface area contributed by atoms with Gasteiger partial charge in [0.15, 0.2) is 0 Å². The van der Waals surface area contributed by atoms with Gasteiger partial charge in [-0.05, 0) is 31.2 Å². The summed E-state index contributed by atoms with van der Waals surface area (Å²) < 4.78 is 5.40. The quantitative estimate of drug-likeness (QED) is 0.746. The Morgan fingerprint density at radius 1 is 1.35 bits per heavy atom. The highest BCUT2D eigenvalue weighted by atomic mass is 35.5. The summed E-state index contributed by atoms with van der Waals surface area (Å²) in [5, 5.41) is 5.40. The first kappa shape index (κ1) is 17.4. The third-order valence-electron chi connectivity index (χ3n) is 3.60. The number of ether oxygens (including phenoxy) is 1. The highest BCUT2D eigenvalue weighted by molar-refractivity contribution is 6.18. The predicted molar refractivity (Wildman–Crippen MR) is 90.2 cm³/mol. The molecule has 0 saturated carbocycles. The van der Waals surface area contributed by atoms with E-state index in [0.29, 0.717) is 38.5 Å². The molecule has 1 aromatic carbocycles. The van der Waals surface area contributed by atoms with E-state index in [-0.39, 0.29) is 17.9 Å². The lowest BCUT2D eigenvalue weighted by atomic mass is 10.1. The number of amides is 3. The number of carbonyl (C=O) groups is 2. The normalized spacial score (nSPS) is 17.2. The van der Waals surface area contributed by atoms with Crippen molar-refractivity contribution in [1.82, 2.24) is 10.6 Å². The Kier molecular flexibility index (Phi) is 6.52. The van der Waals surface area contributed by atoms with Gasteiger partial charge >= 0.3 is 6.03 Å². The number of urea groups is 1. The van der Waals surface area contributed by atoms with Crippen LogP contribution < -0.4 is 20.3 Å². The first-order valence-corrected chi connectivity index (χ1v) is 8.28. The first-order chi connectivity index (χ1) is 11.1. The fourth-order valence-corrected chi connectivity index (χ4v) is 2.61. The molecule has 0 aromatic heterocycles. The third-order valence-corrected chi connectivity index (χ3v) is 3.78. The minimum absolute atomic E-state index is 0.0714. The number of benzene rings is 1. The summed E-state index contributed by atoms with van der Waals surface area (Å²) in [7, 11) is 0. The summed E-state index contributed by atoms with van der Waals surface area (Å²) in [6, 6.07) is 7.23. The molecule has 7 heteroatoms. The summed E-state index contributed by atoms with van der Waals surface area (Å²) in [5.41, 5.74) is 0.854. The topological polar surface area (TPSA) is 70.7 Å². The van der Waals surface area contributed by atoms with Gasteiger partial charge < -0.3 is 20.3 Å². The zero-order chi connectivity index (χ0) is 16.7. The number of halogens is 1. The molecule has 3 amide bonds. The lowest BCUT2D eigenvalue weighted by molar-refractivity contribution is -0.117. The van der Waals surface area contributed by atoms with Crippen LogP contribution >= 0.6 is 11.6 Å². The molecule has 0 bridgehead atoms.